The largest absolute Gasteiger partial charge is 0.495 e. The molecule has 8 heteroatoms. The first kappa shape index (κ1) is 13.8. The van der Waals surface area contributed by atoms with E-state index >= 15 is 0 Å². The normalized spacial score (nSPS) is 11.5. The first-order chi connectivity index (χ1) is 7.77. The van der Waals surface area contributed by atoms with Crippen LogP contribution < -0.4 is 10.2 Å². The van der Waals surface area contributed by atoms with E-state index in [0.29, 0.717) is 6.07 Å². The van der Waals surface area contributed by atoms with Crippen molar-refractivity contribution in [2.75, 3.05) is 6.61 Å². The van der Waals surface area contributed by atoms with Crippen molar-refractivity contribution in [3.8, 4) is 5.75 Å². The first-order valence-corrected chi connectivity index (χ1v) is 4.67. The maximum absolute atomic E-state index is 13.3. The zero-order valence-corrected chi connectivity index (χ0v) is 8.75. The summed E-state index contributed by atoms with van der Waals surface area (Å²) in [5.41, 5.74) is -1.96. The molecule has 1 rings (SSSR count). The third kappa shape index (κ3) is 3.10. The zero-order valence-electron chi connectivity index (χ0n) is 8.75. The smallest absolute Gasteiger partial charge is 0.494 e. The van der Waals surface area contributed by atoms with E-state index in [0.717, 1.165) is 0 Å². The molecule has 0 aliphatic rings. The summed E-state index contributed by atoms with van der Waals surface area (Å²) < 4.78 is 55.2. The molecule has 0 aliphatic carbocycles. The lowest BCUT2D eigenvalue weighted by molar-refractivity contribution is -0.137. The number of rotatable bonds is 3. The fourth-order valence-corrected chi connectivity index (χ4v) is 1.28. The molecular weight excluding hydrogens is 243 g/mol. The molecule has 94 valence electrons. The summed E-state index contributed by atoms with van der Waals surface area (Å²) >= 11 is 0. The van der Waals surface area contributed by atoms with Crippen LogP contribution in [0.4, 0.5) is 17.6 Å². The first-order valence-electron chi connectivity index (χ1n) is 4.67. The van der Waals surface area contributed by atoms with Crippen LogP contribution in [-0.4, -0.2) is 23.8 Å². The van der Waals surface area contributed by atoms with Gasteiger partial charge in [0.15, 0.2) is 0 Å². The van der Waals surface area contributed by atoms with Gasteiger partial charge in [-0.2, -0.15) is 13.2 Å². The highest BCUT2D eigenvalue weighted by molar-refractivity contribution is 6.59. The highest BCUT2D eigenvalue weighted by Crippen LogP contribution is 2.31. The van der Waals surface area contributed by atoms with Crippen molar-refractivity contribution in [3.05, 3.63) is 23.5 Å². The van der Waals surface area contributed by atoms with Crippen molar-refractivity contribution in [2.45, 2.75) is 13.1 Å². The molecule has 0 spiro atoms. The van der Waals surface area contributed by atoms with Crippen LogP contribution in [0.25, 0.3) is 0 Å². The Morgan fingerprint density at radius 2 is 1.88 bits per heavy atom. The average molecular weight is 252 g/mol. The van der Waals surface area contributed by atoms with Crippen molar-refractivity contribution in [3.63, 3.8) is 0 Å². The summed E-state index contributed by atoms with van der Waals surface area (Å²) in [4.78, 5) is 0. The van der Waals surface area contributed by atoms with Gasteiger partial charge in [-0.15, -0.1) is 0 Å². The van der Waals surface area contributed by atoms with Crippen LogP contribution in [0, 0.1) is 5.82 Å². The van der Waals surface area contributed by atoms with Crippen LogP contribution in [0.15, 0.2) is 12.1 Å². The molecule has 0 unspecified atom stereocenters. The Morgan fingerprint density at radius 3 is 2.29 bits per heavy atom. The second kappa shape index (κ2) is 4.93. The van der Waals surface area contributed by atoms with E-state index in [-0.39, 0.29) is 12.7 Å². The Hall–Kier alpha value is -1.28. The summed E-state index contributed by atoms with van der Waals surface area (Å²) in [6.07, 6.45) is -4.73. The predicted octanol–water partition coefficient (Wildman–Crippen LogP) is 0.923. The summed E-state index contributed by atoms with van der Waals surface area (Å²) in [7, 11) is -2.24. The van der Waals surface area contributed by atoms with Gasteiger partial charge in [0.05, 0.1) is 17.6 Å². The van der Waals surface area contributed by atoms with Gasteiger partial charge in [0.2, 0.25) is 0 Å². The van der Waals surface area contributed by atoms with Crippen molar-refractivity contribution < 1.29 is 32.3 Å². The molecule has 0 radical (unpaired) electrons. The van der Waals surface area contributed by atoms with Gasteiger partial charge in [-0.1, -0.05) is 0 Å². The van der Waals surface area contributed by atoms with Crippen molar-refractivity contribution in [1.82, 2.24) is 0 Å². The number of hydrogen-bond acceptors (Lipinski definition) is 3. The molecule has 0 aliphatic heterocycles. The number of benzene rings is 1. The Kier molecular flexibility index (Phi) is 4.00. The van der Waals surface area contributed by atoms with Crippen LogP contribution in [0.3, 0.4) is 0 Å². The molecule has 1 aromatic rings. The summed E-state index contributed by atoms with van der Waals surface area (Å²) in [5.74, 6) is -1.91. The second-order valence-electron chi connectivity index (χ2n) is 3.17. The molecule has 0 atom stereocenters. The molecule has 0 aromatic heterocycles. The monoisotopic (exact) mass is 252 g/mol. The Balaban J connectivity index is 3.36. The maximum Gasteiger partial charge on any atom is 0.495 e. The van der Waals surface area contributed by atoms with Crippen LogP contribution >= 0.6 is 0 Å². The molecule has 0 bridgehead atoms. The molecule has 17 heavy (non-hydrogen) atoms. The van der Waals surface area contributed by atoms with Gasteiger partial charge in [-0.3, -0.25) is 0 Å². The fourth-order valence-electron chi connectivity index (χ4n) is 1.28. The van der Waals surface area contributed by atoms with Crippen LogP contribution in [0.2, 0.25) is 0 Å². The second-order valence-corrected chi connectivity index (χ2v) is 3.17. The Bertz CT molecular complexity index is 406. The van der Waals surface area contributed by atoms with E-state index in [1.807, 2.05) is 0 Å². The lowest BCUT2D eigenvalue weighted by Crippen LogP contribution is -2.35. The summed E-state index contributed by atoms with van der Waals surface area (Å²) in [5, 5.41) is 17.7. The van der Waals surface area contributed by atoms with Gasteiger partial charge in [-0.05, 0) is 19.1 Å². The van der Waals surface area contributed by atoms with Gasteiger partial charge < -0.3 is 14.8 Å². The quantitative estimate of drug-likeness (QED) is 0.621. The molecule has 1 aromatic carbocycles. The van der Waals surface area contributed by atoms with E-state index in [2.05, 4.69) is 0 Å². The van der Waals surface area contributed by atoms with Crippen LogP contribution in [0.1, 0.15) is 12.5 Å². The number of alkyl halides is 3. The van der Waals surface area contributed by atoms with Gasteiger partial charge >= 0.3 is 13.3 Å². The minimum absolute atomic E-state index is 0.0273. The number of ether oxygens (including phenoxy) is 1. The van der Waals surface area contributed by atoms with E-state index in [1.54, 1.807) is 0 Å². The Labute approximate surface area is 94.8 Å². The summed E-state index contributed by atoms with van der Waals surface area (Å²) in [6, 6.07) is 0.721. The maximum atomic E-state index is 13.3. The highest BCUT2D eigenvalue weighted by atomic mass is 19.4. The zero-order chi connectivity index (χ0) is 13.2. The van der Waals surface area contributed by atoms with Gasteiger partial charge in [0, 0.05) is 0 Å². The Morgan fingerprint density at radius 1 is 1.29 bits per heavy atom. The third-order valence-corrected chi connectivity index (χ3v) is 1.98. The van der Waals surface area contributed by atoms with E-state index in [1.165, 1.54) is 6.92 Å². The van der Waals surface area contributed by atoms with Crippen molar-refractivity contribution in [2.24, 2.45) is 0 Å². The van der Waals surface area contributed by atoms with E-state index in [4.69, 9.17) is 14.8 Å². The third-order valence-electron chi connectivity index (χ3n) is 1.98. The van der Waals surface area contributed by atoms with Crippen molar-refractivity contribution >= 4 is 12.6 Å². The molecule has 0 saturated carbocycles. The highest BCUT2D eigenvalue weighted by Gasteiger charge is 2.34. The number of hydrogen-bond donors (Lipinski definition) is 2. The van der Waals surface area contributed by atoms with Gasteiger partial charge in [0.1, 0.15) is 11.6 Å². The van der Waals surface area contributed by atoms with Crippen LogP contribution in [0.5, 0.6) is 5.75 Å². The lowest BCUT2D eigenvalue weighted by atomic mass is 9.78. The number of halogens is 4. The molecule has 2 N–H and O–H groups in total. The lowest BCUT2D eigenvalue weighted by Gasteiger charge is -2.14. The molecule has 0 saturated heterocycles. The SMILES string of the molecule is CCOc1cc(C(F)(F)F)cc(F)c1B(O)O. The molecular formula is C9H9BF4O3. The average Bonchev–Trinajstić information content (AvgIpc) is 2.15. The molecule has 0 amide bonds. The van der Waals surface area contributed by atoms with Gasteiger partial charge in [-0.25, -0.2) is 4.39 Å². The van der Waals surface area contributed by atoms with E-state index < -0.39 is 35.9 Å². The predicted molar refractivity (Wildman–Crippen MR) is 52.4 cm³/mol. The molecule has 0 heterocycles. The van der Waals surface area contributed by atoms with Gasteiger partial charge in [0.25, 0.3) is 0 Å². The molecule has 3 nitrogen and oxygen atoms in total. The minimum atomic E-state index is -4.73. The molecule has 0 fully saturated rings. The summed E-state index contributed by atoms with van der Waals surface area (Å²) in [6.45, 7) is 1.45. The van der Waals surface area contributed by atoms with Crippen molar-refractivity contribution in [1.29, 1.82) is 0 Å². The minimum Gasteiger partial charge on any atom is -0.494 e. The van der Waals surface area contributed by atoms with Crippen LogP contribution in [-0.2, 0) is 6.18 Å². The topological polar surface area (TPSA) is 49.7 Å². The fraction of sp³-hybridized carbons (Fsp3) is 0.333. The standard InChI is InChI=1S/C9H9BF4O3/c1-2-17-7-4-5(9(12,13)14)3-6(11)8(7)10(15)16/h3-4,15-16H,2H2,1H3. The van der Waals surface area contributed by atoms with E-state index in [9.17, 15) is 17.6 Å².